The van der Waals surface area contributed by atoms with E-state index in [4.69, 9.17) is 16.3 Å². The molecule has 1 N–H and O–H groups in total. The number of hydrogen-bond donors (Lipinski definition) is 1. The quantitative estimate of drug-likeness (QED) is 0.495. The summed E-state index contributed by atoms with van der Waals surface area (Å²) in [6, 6.07) is 22.7. The molecule has 4 rings (SSSR count). The molecule has 0 atom stereocenters. The lowest BCUT2D eigenvalue weighted by Gasteiger charge is -2.15. The highest BCUT2D eigenvalue weighted by molar-refractivity contribution is 6.30. The third-order valence-corrected chi connectivity index (χ3v) is 5.74. The molecule has 5 nitrogen and oxygen atoms in total. The topological polar surface area (TPSA) is 58.6 Å². The summed E-state index contributed by atoms with van der Waals surface area (Å²) in [4.78, 5) is 27.0. The summed E-state index contributed by atoms with van der Waals surface area (Å²) < 4.78 is 5.86. The summed E-state index contributed by atoms with van der Waals surface area (Å²) >= 11 is 5.92. The van der Waals surface area contributed by atoms with E-state index in [2.05, 4.69) is 17.4 Å². The van der Waals surface area contributed by atoms with Gasteiger partial charge in [-0.15, -0.1) is 0 Å². The third-order valence-electron chi connectivity index (χ3n) is 5.49. The summed E-state index contributed by atoms with van der Waals surface area (Å²) in [5.41, 5.74) is 3.86. The fraction of sp³-hybridized carbons (Fsp3) is 0.231. The van der Waals surface area contributed by atoms with Gasteiger partial charge in [0.05, 0.1) is 5.56 Å². The standard InChI is InChI=1S/C26H25ClN2O3/c27-22-13-11-19(12-14-22)18-32-24-9-4-3-8-23(24)26(31)28-15-5-10-25(30)29-16-20-6-1-2-7-21(20)17-29/h1-4,6-9,11-14H,5,10,15-18H2,(H,28,31). The van der Waals surface area contributed by atoms with Gasteiger partial charge in [-0.1, -0.05) is 60.1 Å². The number of ether oxygens (including phenoxy) is 1. The molecule has 1 aliphatic heterocycles. The summed E-state index contributed by atoms with van der Waals surface area (Å²) in [7, 11) is 0. The Morgan fingerprint density at radius 2 is 1.56 bits per heavy atom. The van der Waals surface area contributed by atoms with Crippen LogP contribution < -0.4 is 10.1 Å². The van der Waals surface area contributed by atoms with Gasteiger partial charge in [-0.3, -0.25) is 9.59 Å². The van der Waals surface area contributed by atoms with Crippen molar-refractivity contribution in [3.63, 3.8) is 0 Å². The number of nitrogens with zero attached hydrogens (tertiary/aromatic N) is 1. The van der Waals surface area contributed by atoms with E-state index < -0.39 is 0 Å². The number of hydrogen-bond acceptors (Lipinski definition) is 3. The van der Waals surface area contributed by atoms with Crippen molar-refractivity contribution in [2.24, 2.45) is 0 Å². The Balaban J connectivity index is 1.24. The first-order valence-electron chi connectivity index (χ1n) is 10.7. The Morgan fingerprint density at radius 1 is 0.906 bits per heavy atom. The number of halogens is 1. The third kappa shape index (κ3) is 5.48. The summed E-state index contributed by atoms with van der Waals surface area (Å²) in [5, 5.41) is 3.57. The molecule has 3 aromatic rings. The molecule has 0 radical (unpaired) electrons. The van der Waals surface area contributed by atoms with Crippen LogP contribution in [0.25, 0.3) is 0 Å². The minimum atomic E-state index is -0.210. The minimum Gasteiger partial charge on any atom is -0.488 e. The van der Waals surface area contributed by atoms with Crippen molar-refractivity contribution in [3.05, 3.63) is 100 Å². The molecule has 1 aliphatic rings. The molecule has 0 bridgehead atoms. The second-order valence-electron chi connectivity index (χ2n) is 7.79. The number of nitrogens with one attached hydrogen (secondary N) is 1. The van der Waals surface area contributed by atoms with E-state index in [1.807, 2.05) is 35.2 Å². The summed E-state index contributed by atoms with van der Waals surface area (Å²) in [5.74, 6) is 0.422. The molecule has 0 saturated carbocycles. The SMILES string of the molecule is O=C(NCCCC(=O)N1Cc2ccccc2C1)c1ccccc1OCc1ccc(Cl)cc1. The largest absolute Gasteiger partial charge is 0.488 e. The van der Waals surface area contributed by atoms with Crippen molar-refractivity contribution >= 4 is 23.4 Å². The molecular weight excluding hydrogens is 424 g/mol. The maximum atomic E-state index is 12.7. The van der Waals surface area contributed by atoms with Crippen molar-refractivity contribution in [1.82, 2.24) is 10.2 Å². The van der Waals surface area contributed by atoms with Crippen LogP contribution in [0.1, 0.15) is 39.9 Å². The number of amides is 2. The number of rotatable bonds is 8. The van der Waals surface area contributed by atoms with Crippen LogP contribution in [0, 0.1) is 0 Å². The van der Waals surface area contributed by atoms with Crippen LogP contribution in [-0.2, 0) is 24.5 Å². The average Bonchev–Trinajstić information content (AvgIpc) is 3.26. The Bertz CT molecular complexity index is 1070. The number of carbonyl (C=O) groups is 2. The maximum Gasteiger partial charge on any atom is 0.255 e. The predicted molar refractivity (Wildman–Crippen MR) is 124 cm³/mol. The van der Waals surface area contributed by atoms with Gasteiger partial charge in [0.1, 0.15) is 12.4 Å². The highest BCUT2D eigenvalue weighted by Crippen LogP contribution is 2.23. The van der Waals surface area contributed by atoms with E-state index in [0.717, 1.165) is 5.56 Å². The molecule has 1 heterocycles. The van der Waals surface area contributed by atoms with Gasteiger partial charge in [0, 0.05) is 31.1 Å². The molecule has 2 amide bonds. The fourth-order valence-electron chi connectivity index (χ4n) is 3.73. The molecule has 0 aromatic heterocycles. The molecule has 6 heteroatoms. The Kier molecular flexibility index (Phi) is 7.07. The second-order valence-corrected chi connectivity index (χ2v) is 8.23. The van der Waals surface area contributed by atoms with Gasteiger partial charge in [0.15, 0.2) is 0 Å². The van der Waals surface area contributed by atoms with Gasteiger partial charge in [-0.2, -0.15) is 0 Å². The summed E-state index contributed by atoms with van der Waals surface area (Å²) in [6.45, 7) is 2.10. The first kappa shape index (κ1) is 21.9. The van der Waals surface area contributed by atoms with E-state index in [1.165, 1.54) is 11.1 Å². The first-order valence-corrected chi connectivity index (χ1v) is 11.1. The Hall–Kier alpha value is -3.31. The van der Waals surface area contributed by atoms with Crippen LogP contribution in [0.3, 0.4) is 0 Å². The lowest BCUT2D eigenvalue weighted by Crippen LogP contribution is -2.28. The highest BCUT2D eigenvalue weighted by Gasteiger charge is 2.22. The number of fused-ring (bicyclic) bond motifs is 1. The molecule has 0 spiro atoms. The zero-order valence-corrected chi connectivity index (χ0v) is 18.5. The van der Waals surface area contributed by atoms with Crippen molar-refractivity contribution in [2.75, 3.05) is 6.54 Å². The smallest absolute Gasteiger partial charge is 0.255 e. The van der Waals surface area contributed by atoms with E-state index in [1.54, 1.807) is 30.3 Å². The molecule has 3 aromatic carbocycles. The van der Waals surface area contributed by atoms with Crippen molar-refractivity contribution < 1.29 is 14.3 Å². The predicted octanol–water partition coefficient (Wildman–Crippen LogP) is 4.97. The van der Waals surface area contributed by atoms with Crippen LogP contribution in [0.4, 0.5) is 0 Å². The molecule has 0 saturated heterocycles. The summed E-state index contributed by atoms with van der Waals surface area (Å²) in [6.07, 6.45) is 0.994. The van der Waals surface area contributed by atoms with Crippen molar-refractivity contribution in [1.29, 1.82) is 0 Å². The highest BCUT2D eigenvalue weighted by atomic mass is 35.5. The van der Waals surface area contributed by atoms with E-state index in [0.29, 0.717) is 55.4 Å². The number of benzene rings is 3. The van der Waals surface area contributed by atoms with E-state index >= 15 is 0 Å². The monoisotopic (exact) mass is 448 g/mol. The second kappa shape index (κ2) is 10.3. The maximum absolute atomic E-state index is 12.7. The van der Waals surface area contributed by atoms with Crippen LogP contribution in [-0.4, -0.2) is 23.3 Å². The molecule has 164 valence electrons. The Morgan fingerprint density at radius 3 is 2.28 bits per heavy atom. The minimum absolute atomic E-state index is 0.113. The normalized spacial score (nSPS) is 12.3. The molecule has 0 fully saturated rings. The van der Waals surface area contributed by atoms with Crippen LogP contribution in [0.5, 0.6) is 5.75 Å². The van der Waals surface area contributed by atoms with Crippen LogP contribution >= 0.6 is 11.6 Å². The molecule has 0 unspecified atom stereocenters. The lowest BCUT2D eigenvalue weighted by atomic mass is 10.1. The van der Waals surface area contributed by atoms with Gasteiger partial charge >= 0.3 is 0 Å². The zero-order valence-electron chi connectivity index (χ0n) is 17.7. The van der Waals surface area contributed by atoms with E-state index in [9.17, 15) is 9.59 Å². The molecule has 0 aliphatic carbocycles. The lowest BCUT2D eigenvalue weighted by molar-refractivity contribution is -0.131. The Labute approximate surface area is 193 Å². The number of carbonyl (C=O) groups excluding carboxylic acids is 2. The van der Waals surface area contributed by atoms with Crippen molar-refractivity contribution in [3.8, 4) is 5.75 Å². The first-order chi connectivity index (χ1) is 15.6. The van der Waals surface area contributed by atoms with Crippen molar-refractivity contribution in [2.45, 2.75) is 32.5 Å². The fourth-order valence-corrected chi connectivity index (χ4v) is 3.85. The van der Waals surface area contributed by atoms with Gasteiger partial charge in [-0.05, 0) is 47.4 Å². The van der Waals surface area contributed by atoms with E-state index in [-0.39, 0.29) is 11.8 Å². The average molecular weight is 449 g/mol. The molecular formula is C26H25ClN2O3. The zero-order chi connectivity index (χ0) is 22.3. The van der Waals surface area contributed by atoms with Crippen LogP contribution in [0.15, 0.2) is 72.8 Å². The number of para-hydroxylation sites is 1. The van der Waals surface area contributed by atoms with Gasteiger partial charge in [0.25, 0.3) is 5.91 Å². The van der Waals surface area contributed by atoms with Gasteiger partial charge in [-0.25, -0.2) is 0 Å². The van der Waals surface area contributed by atoms with Crippen LogP contribution in [0.2, 0.25) is 5.02 Å². The van der Waals surface area contributed by atoms with Gasteiger partial charge < -0.3 is 15.0 Å². The molecule has 32 heavy (non-hydrogen) atoms. The van der Waals surface area contributed by atoms with Gasteiger partial charge in [0.2, 0.25) is 5.91 Å².